The summed E-state index contributed by atoms with van der Waals surface area (Å²) in [7, 11) is 1.92. The molecular weight excluding hydrogens is 248 g/mol. The Labute approximate surface area is 113 Å². The third-order valence-corrected chi connectivity index (χ3v) is 3.87. The minimum absolute atomic E-state index is 0.247. The van der Waals surface area contributed by atoms with Gasteiger partial charge in [0, 0.05) is 19.9 Å². The lowest BCUT2D eigenvalue weighted by Gasteiger charge is -2.06. The van der Waals surface area contributed by atoms with Crippen molar-refractivity contribution in [1.29, 1.82) is 0 Å². The second-order valence-corrected chi connectivity index (χ2v) is 5.22. The van der Waals surface area contributed by atoms with Gasteiger partial charge in [-0.2, -0.15) is 5.10 Å². The van der Waals surface area contributed by atoms with Crippen molar-refractivity contribution in [3.05, 3.63) is 28.1 Å². The summed E-state index contributed by atoms with van der Waals surface area (Å²) in [5, 5.41) is 5.17. The third kappa shape index (κ3) is 2.83. The minimum atomic E-state index is 0.247. The van der Waals surface area contributed by atoms with Gasteiger partial charge in [-0.1, -0.05) is 24.1 Å². The van der Waals surface area contributed by atoms with Crippen LogP contribution in [-0.2, 0) is 24.7 Å². The zero-order chi connectivity index (χ0) is 13.1. The van der Waals surface area contributed by atoms with Gasteiger partial charge in [0.05, 0.1) is 16.4 Å². The highest BCUT2D eigenvalue weighted by Gasteiger charge is 2.16. The van der Waals surface area contributed by atoms with Crippen LogP contribution in [0.2, 0.25) is 5.02 Å². The van der Waals surface area contributed by atoms with Crippen LogP contribution < -0.4 is 0 Å². The summed E-state index contributed by atoms with van der Waals surface area (Å²) >= 11 is 6.33. The molecule has 18 heavy (non-hydrogen) atoms. The summed E-state index contributed by atoms with van der Waals surface area (Å²) in [6, 6.07) is 0. The maximum atomic E-state index is 11.6. The lowest BCUT2D eigenvalue weighted by molar-refractivity contribution is -0.114. The van der Waals surface area contributed by atoms with Crippen LogP contribution in [0.1, 0.15) is 44.0 Å². The number of hydrogen-bond donors (Lipinski definition) is 0. The van der Waals surface area contributed by atoms with Gasteiger partial charge >= 0.3 is 0 Å². The first kappa shape index (κ1) is 13.3. The second-order valence-electron chi connectivity index (χ2n) is 4.84. The summed E-state index contributed by atoms with van der Waals surface area (Å²) < 4.78 is 1.84. The molecule has 1 aliphatic carbocycles. The molecule has 0 saturated heterocycles. The van der Waals surface area contributed by atoms with Gasteiger partial charge in [0.15, 0.2) is 5.78 Å². The molecule has 0 unspecified atom stereocenters. The number of ketones is 1. The van der Waals surface area contributed by atoms with E-state index >= 15 is 0 Å². The summed E-state index contributed by atoms with van der Waals surface area (Å²) in [5.41, 5.74) is 3.15. The van der Waals surface area contributed by atoms with E-state index in [4.69, 9.17) is 11.6 Å². The van der Waals surface area contributed by atoms with Crippen molar-refractivity contribution in [3.63, 3.8) is 0 Å². The van der Waals surface area contributed by atoms with E-state index in [0.717, 1.165) is 48.5 Å². The number of nitrogens with zero attached hydrogens (tertiary/aromatic N) is 2. The Morgan fingerprint density at radius 1 is 1.39 bits per heavy atom. The fourth-order valence-corrected chi connectivity index (χ4v) is 2.75. The molecule has 98 valence electrons. The Morgan fingerprint density at radius 2 is 2.11 bits per heavy atom. The van der Waals surface area contributed by atoms with Crippen LogP contribution in [0, 0.1) is 0 Å². The lowest BCUT2D eigenvalue weighted by atomic mass is 10.0. The Kier molecular flexibility index (Phi) is 4.23. The van der Waals surface area contributed by atoms with Gasteiger partial charge in [-0.3, -0.25) is 9.48 Å². The van der Waals surface area contributed by atoms with Crippen molar-refractivity contribution in [2.24, 2.45) is 7.05 Å². The molecule has 0 bridgehead atoms. The first-order chi connectivity index (χ1) is 8.61. The van der Waals surface area contributed by atoms with Crippen molar-refractivity contribution in [1.82, 2.24) is 9.78 Å². The molecular formula is C14H19ClN2O. The number of aryl methyl sites for hydroxylation is 2. The number of halogens is 1. The smallest absolute Gasteiger partial charge is 0.155 e. The Balaban J connectivity index is 2.23. The minimum Gasteiger partial charge on any atom is -0.295 e. The standard InChI is InChI=1S/C14H19ClN2O/c1-3-12-14(15)13(17(2)16-12)9-10-6-4-5-7-11(18)8-10/h8H,3-7,9H2,1-2H3. The topological polar surface area (TPSA) is 34.9 Å². The maximum absolute atomic E-state index is 11.6. The number of rotatable bonds is 3. The molecule has 1 aromatic rings. The van der Waals surface area contributed by atoms with E-state index in [1.807, 2.05) is 24.7 Å². The molecule has 1 aromatic heterocycles. The molecule has 1 aliphatic rings. The van der Waals surface area contributed by atoms with E-state index in [9.17, 15) is 4.79 Å². The first-order valence-corrected chi connectivity index (χ1v) is 6.92. The van der Waals surface area contributed by atoms with E-state index in [2.05, 4.69) is 5.10 Å². The number of allylic oxidation sites excluding steroid dienone is 2. The van der Waals surface area contributed by atoms with E-state index in [-0.39, 0.29) is 5.78 Å². The molecule has 3 nitrogen and oxygen atoms in total. The molecule has 4 heteroatoms. The normalized spacial score (nSPS) is 16.6. The zero-order valence-corrected chi connectivity index (χ0v) is 11.8. The molecule has 0 fully saturated rings. The molecule has 0 N–H and O–H groups in total. The van der Waals surface area contributed by atoms with E-state index in [0.29, 0.717) is 6.42 Å². The van der Waals surface area contributed by atoms with Crippen LogP contribution >= 0.6 is 11.6 Å². The first-order valence-electron chi connectivity index (χ1n) is 6.54. The molecule has 2 rings (SSSR count). The highest BCUT2D eigenvalue weighted by Crippen LogP contribution is 2.26. The van der Waals surface area contributed by atoms with Crippen LogP contribution in [0.25, 0.3) is 0 Å². The van der Waals surface area contributed by atoms with Gasteiger partial charge in [-0.15, -0.1) is 0 Å². The van der Waals surface area contributed by atoms with Gasteiger partial charge < -0.3 is 0 Å². The van der Waals surface area contributed by atoms with Crippen LogP contribution in [0.5, 0.6) is 0 Å². The molecule has 0 aliphatic heterocycles. The SMILES string of the molecule is CCc1nn(C)c(CC2=CC(=O)CCCC2)c1Cl. The molecule has 0 amide bonds. The average Bonchev–Trinajstić information content (AvgIpc) is 2.53. The molecule has 1 heterocycles. The molecule has 0 spiro atoms. The van der Waals surface area contributed by atoms with Gasteiger partial charge in [0.2, 0.25) is 0 Å². The summed E-state index contributed by atoms with van der Waals surface area (Å²) in [5.74, 6) is 0.247. The largest absolute Gasteiger partial charge is 0.295 e. The van der Waals surface area contributed by atoms with E-state index in [1.165, 1.54) is 5.57 Å². The van der Waals surface area contributed by atoms with Gasteiger partial charge in [0.1, 0.15) is 0 Å². The predicted octanol–water partition coefficient (Wildman–Crippen LogP) is 3.25. The fourth-order valence-electron chi connectivity index (χ4n) is 2.39. The Morgan fingerprint density at radius 3 is 2.78 bits per heavy atom. The number of aromatic nitrogens is 2. The van der Waals surface area contributed by atoms with Gasteiger partial charge in [-0.25, -0.2) is 0 Å². The summed E-state index contributed by atoms with van der Waals surface area (Å²) in [6.45, 7) is 2.05. The molecule has 0 saturated carbocycles. The van der Waals surface area contributed by atoms with Crippen molar-refractivity contribution in [2.75, 3.05) is 0 Å². The highest BCUT2D eigenvalue weighted by atomic mass is 35.5. The molecule has 0 atom stereocenters. The monoisotopic (exact) mass is 266 g/mol. The quantitative estimate of drug-likeness (QED) is 0.842. The van der Waals surface area contributed by atoms with Crippen molar-refractivity contribution in [2.45, 2.75) is 45.4 Å². The van der Waals surface area contributed by atoms with E-state index < -0.39 is 0 Å². The maximum Gasteiger partial charge on any atom is 0.155 e. The number of hydrogen-bond acceptors (Lipinski definition) is 2. The summed E-state index contributed by atoms with van der Waals surface area (Å²) in [4.78, 5) is 11.6. The number of carbonyl (C=O) groups excluding carboxylic acids is 1. The van der Waals surface area contributed by atoms with Crippen molar-refractivity contribution >= 4 is 17.4 Å². The van der Waals surface area contributed by atoms with Crippen molar-refractivity contribution < 1.29 is 4.79 Å². The van der Waals surface area contributed by atoms with Gasteiger partial charge in [0.25, 0.3) is 0 Å². The Hall–Kier alpha value is -1.09. The van der Waals surface area contributed by atoms with Crippen LogP contribution in [0.4, 0.5) is 0 Å². The highest BCUT2D eigenvalue weighted by molar-refractivity contribution is 6.31. The second kappa shape index (κ2) is 5.70. The zero-order valence-electron chi connectivity index (χ0n) is 11.0. The Bertz CT molecular complexity index is 488. The van der Waals surface area contributed by atoms with Crippen LogP contribution in [-0.4, -0.2) is 15.6 Å². The average molecular weight is 267 g/mol. The summed E-state index contributed by atoms with van der Waals surface area (Å²) in [6.07, 6.45) is 7.16. The molecule has 0 aromatic carbocycles. The van der Waals surface area contributed by atoms with Crippen LogP contribution in [0.3, 0.4) is 0 Å². The fraction of sp³-hybridized carbons (Fsp3) is 0.571. The third-order valence-electron chi connectivity index (χ3n) is 3.43. The van der Waals surface area contributed by atoms with Crippen molar-refractivity contribution in [3.8, 4) is 0 Å². The van der Waals surface area contributed by atoms with E-state index in [1.54, 1.807) is 0 Å². The predicted molar refractivity (Wildman–Crippen MR) is 72.9 cm³/mol. The number of carbonyl (C=O) groups is 1. The van der Waals surface area contributed by atoms with Crippen LogP contribution in [0.15, 0.2) is 11.6 Å². The molecule has 0 radical (unpaired) electrons. The van der Waals surface area contributed by atoms with Gasteiger partial charge in [-0.05, 0) is 31.8 Å². The lowest BCUT2D eigenvalue weighted by Crippen LogP contribution is -2.01.